The van der Waals surface area contributed by atoms with Crippen molar-refractivity contribution in [3.8, 4) is 22.5 Å². The second-order valence-corrected chi connectivity index (χ2v) is 22.4. The molecule has 3 aliphatic heterocycles. The van der Waals surface area contributed by atoms with E-state index in [0.717, 1.165) is 91.8 Å². The third kappa shape index (κ3) is 8.80. The summed E-state index contributed by atoms with van der Waals surface area (Å²) in [7, 11) is -1.82. The van der Waals surface area contributed by atoms with Gasteiger partial charge in [0.15, 0.2) is 8.32 Å². The van der Waals surface area contributed by atoms with E-state index in [9.17, 15) is 14.4 Å². The molecule has 298 valence electrons. The van der Waals surface area contributed by atoms with Gasteiger partial charge in [-0.1, -0.05) is 57.2 Å². The lowest BCUT2D eigenvalue weighted by molar-refractivity contribution is -0.141. The Kier molecular flexibility index (Phi) is 11.9. The second kappa shape index (κ2) is 16.6. The average molecular weight is 777 g/mol. The van der Waals surface area contributed by atoms with E-state index in [0.29, 0.717) is 44.4 Å². The Bertz CT molecular complexity index is 2020. The van der Waals surface area contributed by atoms with E-state index in [4.69, 9.17) is 9.41 Å². The summed E-state index contributed by atoms with van der Waals surface area (Å²) in [5.74, 6) is 0.422. The zero-order chi connectivity index (χ0) is 39.6. The molecule has 3 amide bonds. The van der Waals surface area contributed by atoms with Gasteiger partial charge in [-0.15, -0.1) is 0 Å². The van der Waals surface area contributed by atoms with E-state index < -0.39 is 8.32 Å². The third-order valence-electron chi connectivity index (χ3n) is 13.0. The van der Waals surface area contributed by atoms with Crippen LogP contribution in [0.3, 0.4) is 0 Å². The Morgan fingerprint density at radius 3 is 2.04 bits per heavy atom. The number of pyridine rings is 1. The van der Waals surface area contributed by atoms with Crippen LogP contribution in [0.2, 0.25) is 18.1 Å². The molecule has 0 saturated carbocycles. The summed E-state index contributed by atoms with van der Waals surface area (Å²) in [5.41, 5.74) is 5.35. The van der Waals surface area contributed by atoms with Gasteiger partial charge in [-0.3, -0.25) is 19.3 Å². The lowest BCUT2D eigenvalue weighted by atomic mass is 9.93. The fourth-order valence-electron chi connectivity index (χ4n) is 8.35. The van der Waals surface area contributed by atoms with Gasteiger partial charge in [0, 0.05) is 112 Å². The molecule has 3 saturated heterocycles. The van der Waals surface area contributed by atoms with Gasteiger partial charge in [0.2, 0.25) is 11.8 Å². The summed E-state index contributed by atoms with van der Waals surface area (Å²) in [6.07, 6.45) is 5.57. The van der Waals surface area contributed by atoms with Gasteiger partial charge in [0.25, 0.3) is 5.91 Å². The number of hydrogen-bond acceptors (Lipinski definition) is 6. The summed E-state index contributed by atoms with van der Waals surface area (Å²) in [6.45, 7) is 20.4. The first-order chi connectivity index (χ1) is 26.8. The Morgan fingerprint density at radius 1 is 0.750 bits per heavy atom. The molecule has 0 radical (unpaired) electrons. The predicted octanol–water partition coefficient (Wildman–Crippen LogP) is 7.40. The van der Waals surface area contributed by atoms with Crippen molar-refractivity contribution in [1.29, 1.82) is 0 Å². The largest absolute Gasteiger partial charge is 0.415 e. The highest BCUT2D eigenvalue weighted by atomic mass is 28.4. The van der Waals surface area contributed by atoms with Crippen molar-refractivity contribution in [1.82, 2.24) is 29.2 Å². The highest BCUT2D eigenvalue weighted by Gasteiger charge is 2.37. The maximum Gasteiger partial charge on any atom is 0.254 e. The number of likely N-dealkylation sites (tertiary alicyclic amines) is 2. The third-order valence-corrected chi connectivity index (χ3v) is 17.5. The summed E-state index contributed by atoms with van der Waals surface area (Å²) in [6, 6.07) is 23.0. The summed E-state index contributed by atoms with van der Waals surface area (Å²) >= 11 is 0. The van der Waals surface area contributed by atoms with E-state index >= 15 is 0 Å². The van der Waals surface area contributed by atoms with Crippen LogP contribution >= 0.6 is 0 Å². The van der Waals surface area contributed by atoms with Crippen LogP contribution in [0.25, 0.3) is 33.4 Å². The lowest BCUT2D eigenvalue weighted by Gasteiger charge is -2.43. The number of carbonyl (C=O) groups is 3. The maximum atomic E-state index is 14.2. The van der Waals surface area contributed by atoms with Gasteiger partial charge in [0.1, 0.15) is 0 Å². The quantitative estimate of drug-likeness (QED) is 0.165. The van der Waals surface area contributed by atoms with Gasteiger partial charge in [-0.2, -0.15) is 0 Å². The smallest absolute Gasteiger partial charge is 0.254 e. The van der Waals surface area contributed by atoms with E-state index in [1.807, 2.05) is 52.3 Å². The van der Waals surface area contributed by atoms with Crippen molar-refractivity contribution in [2.75, 3.05) is 59.0 Å². The molecule has 3 aliphatic rings. The molecule has 0 aliphatic carbocycles. The SMILES string of the molecule is CC(=O)N1CCC(C(=O)N2CCC(N3CCN(C(=O)c4cc(-c5ccccc5)nc(-c5ccc6c(ccn6CCO[Si](C)(C)C(C)(C)C)c5)c4)CC3)CC2)CC1. The Morgan fingerprint density at radius 2 is 1.39 bits per heavy atom. The zero-order valence-corrected chi connectivity index (χ0v) is 35.3. The molecule has 0 atom stereocenters. The van der Waals surface area contributed by atoms with Gasteiger partial charge >= 0.3 is 0 Å². The molecule has 0 bridgehead atoms. The van der Waals surface area contributed by atoms with Gasteiger partial charge in [0.05, 0.1) is 18.0 Å². The molecule has 0 unspecified atom stereocenters. The minimum atomic E-state index is -1.82. The maximum absolute atomic E-state index is 14.2. The number of nitrogens with zero attached hydrogens (tertiary/aromatic N) is 6. The first-order valence-corrected chi connectivity index (χ1v) is 23.6. The summed E-state index contributed by atoms with van der Waals surface area (Å²) < 4.78 is 8.74. The number of hydrogen-bond donors (Lipinski definition) is 0. The number of piperidine rings is 2. The molecule has 4 aromatic rings. The number of amides is 3. The number of piperazine rings is 1. The first kappa shape index (κ1) is 39.9. The van der Waals surface area contributed by atoms with Crippen molar-refractivity contribution < 1.29 is 18.8 Å². The van der Waals surface area contributed by atoms with Crippen molar-refractivity contribution in [2.45, 2.75) is 84.1 Å². The fraction of sp³-hybridized carbons (Fsp3) is 0.511. The minimum absolute atomic E-state index is 0.0284. The number of fused-ring (bicyclic) bond motifs is 1. The van der Waals surface area contributed by atoms with E-state index in [2.05, 4.69) is 78.7 Å². The van der Waals surface area contributed by atoms with Crippen molar-refractivity contribution >= 4 is 36.9 Å². The molecule has 3 fully saturated rings. The van der Waals surface area contributed by atoms with Crippen molar-refractivity contribution in [3.05, 3.63) is 78.5 Å². The monoisotopic (exact) mass is 776 g/mol. The Labute approximate surface area is 333 Å². The van der Waals surface area contributed by atoms with Crippen LogP contribution in [0.4, 0.5) is 0 Å². The lowest BCUT2D eigenvalue weighted by Crippen LogP contribution is -2.55. The van der Waals surface area contributed by atoms with Gasteiger partial charge < -0.3 is 23.7 Å². The highest BCUT2D eigenvalue weighted by Crippen LogP contribution is 2.37. The van der Waals surface area contributed by atoms with Crippen molar-refractivity contribution in [2.24, 2.45) is 5.92 Å². The summed E-state index contributed by atoms with van der Waals surface area (Å²) in [4.78, 5) is 52.8. The molecule has 2 aromatic carbocycles. The molecule has 10 nitrogen and oxygen atoms in total. The molecule has 0 N–H and O–H groups in total. The molecule has 7 rings (SSSR count). The van der Waals surface area contributed by atoms with Crippen LogP contribution in [0.15, 0.2) is 72.9 Å². The highest BCUT2D eigenvalue weighted by molar-refractivity contribution is 6.74. The molecular formula is C45H60N6O4Si. The molecule has 2 aromatic heterocycles. The fourth-order valence-corrected chi connectivity index (χ4v) is 9.39. The van der Waals surface area contributed by atoms with Crippen LogP contribution in [0.1, 0.15) is 63.7 Å². The minimum Gasteiger partial charge on any atom is -0.415 e. The van der Waals surface area contributed by atoms with Crippen LogP contribution in [0, 0.1) is 5.92 Å². The van der Waals surface area contributed by atoms with Gasteiger partial charge in [-0.25, -0.2) is 4.98 Å². The van der Waals surface area contributed by atoms with Crippen molar-refractivity contribution in [3.63, 3.8) is 0 Å². The molecule has 11 heteroatoms. The van der Waals surface area contributed by atoms with E-state index in [1.54, 1.807) is 6.92 Å². The van der Waals surface area contributed by atoms with Gasteiger partial charge in [-0.05, 0) is 74.1 Å². The molecule has 56 heavy (non-hydrogen) atoms. The van der Waals surface area contributed by atoms with Crippen LogP contribution in [-0.2, 0) is 20.6 Å². The van der Waals surface area contributed by atoms with Crippen LogP contribution in [0.5, 0.6) is 0 Å². The molecule has 5 heterocycles. The first-order valence-electron chi connectivity index (χ1n) is 20.7. The standard InChI is InChI=1S/C45H60N6O4Si/c1-33(52)47-19-14-35(15-20-47)43(53)50-22-17-39(18-23-50)48-24-26-51(27-25-48)44(54)38-31-40(34-10-8-7-9-11-34)46-41(32-38)36-12-13-42-37(30-36)16-21-49(42)28-29-55-56(5,6)45(2,3)4/h7-13,16,21,30-32,35,39H,14-15,17-20,22-29H2,1-6H3. The number of rotatable bonds is 9. The number of aromatic nitrogens is 2. The average Bonchev–Trinajstić information content (AvgIpc) is 3.62. The van der Waals surface area contributed by atoms with Crippen LogP contribution in [-0.4, -0.2) is 120 Å². The number of carbonyl (C=O) groups excluding carboxylic acids is 3. The predicted molar refractivity (Wildman–Crippen MR) is 226 cm³/mol. The van der Waals surface area contributed by atoms with E-state index in [1.165, 1.54) is 0 Å². The topological polar surface area (TPSA) is 91.2 Å². The Hall–Kier alpha value is -4.32. The second-order valence-electron chi connectivity index (χ2n) is 17.5. The molecule has 0 spiro atoms. The van der Waals surface area contributed by atoms with Crippen LogP contribution < -0.4 is 0 Å². The number of benzene rings is 2. The summed E-state index contributed by atoms with van der Waals surface area (Å²) in [5, 5.41) is 1.31. The van der Waals surface area contributed by atoms with E-state index in [-0.39, 0.29) is 28.7 Å². The zero-order valence-electron chi connectivity index (χ0n) is 34.3. The molecular weight excluding hydrogens is 717 g/mol. The normalized spacial score (nSPS) is 18.1. The Balaban J connectivity index is 0.996.